The third-order valence-corrected chi connectivity index (χ3v) is 4.34. The molecule has 2 rings (SSSR count). The van der Waals surface area contributed by atoms with Crippen molar-refractivity contribution in [2.45, 2.75) is 25.3 Å². The number of nitrogens with zero attached hydrogens (tertiary/aromatic N) is 1. The fraction of sp³-hybridized carbons (Fsp3) is 0.571. The minimum Gasteiger partial charge on any atom is -0.316 e. The Morgan fingerprint density at radius 3 is 2.82 bits per heavy atom. The van der Waals surface area contributed by atoms with E-state index in [1.807, 2.05) is 7.05 Å². The molecule has 2 nitrogen and oxygen atoms in total. The number of thioether (sulfide) groups is 1. The maximum atomic E-state index is 3.25. The number of rotatable bonds is 4. The molecule has 0 bridgehead atoms. The summed E-state index contributed by atoms with van der Waals surface area (Å²) in [6.45, 7) is 6.84. The van der Waals surface area contributed by atoms with Crippen molar-refractivity contribution in [3.8, 4) is 0 Å². The first-order chi connectivity index (χ1) is 8.29. The van der Waals surface area contributed by atoms with E-state index < -0.39 is 0 Å². The van der Waals surface area contributed by atoms with Gasteiger partial charge in [-0.3, -0.25) is 4.90 Å². The van der Waals surface area contributed by atoms with Crippen molar-refractivity contribution < 1.29 is 0 Å². The van der Waals surface area contributed by atoms with Gasteiger partial charge in [0.1, 0.15) is 0 Å². The fourth-order valence-corrected chi connectivity index (χ4v) is 3.43. The molecule has 94 valence electrons. The van der Waals surface area contributed by atoms with Crippen LogP contribution in [0.1, 0.15) is 18.1 Å². The van der Waals surface area contributed by atoms with Crippen molar-refractivity contribution in [1.29, 1.82) is 0 Å². The van der Waals surface area contributed by atoms with Gasteiger partial charge in [-0.25, -0.2) is 0 Å². The number of nitrogens with one attached hydrogen (secondary N) is 1. The first kappa shape index (κ1) is 12.9. The van der Waals surface area contributed by atoms with E-state index in [4.69, 9.17) is 0 Å². The zero-order valence-electron chi connectivity index (χ0n) is 10.8. The van der Waals surface area contributed by atoms with Crippen LogP contribution in [0.5, 0.6) is 0 Å². The van der Waals surface area contributed by atoms with E-state index in [1.54, 1.807) is 0 Å². The van der Waals surface area contributed by atoms with Gasteiger partial charge in [0.15, 0.2) is 0 Å². The Bertz CT molecular complexity index is 354. The summed E-state index contributed by atoms with van der Waals surface area (Å²) in [6, 6.07) is 8.77. The highest BCUT2D eigenvalue weighted by molar-refractivity contribution is 7.99. The monoisotopic (exact) mass is 250 g/mol. The van der Waals surface area contributed by atoms with Crippen LogP contribution in [0, 0.1) is 0 Å². The molecule has 0 spiro atoms. The molecule has 1 aliphatic rings. The molecule has 0 amide bonds. The zero-order chi connectivity index (χ0) is 12.1. The summed E-state index contributed by atoms with van der Waals surface area (Å²) < 4.78 is 0. The molecule has 1 aromatic rings. The third kappa shape index (κ3) is 3.73. The summed E-state index contributed by atoms with van der Waals surface area (Å²) in [7, 11) is 2.01. The summed E-state index contributed by atoms with van der Waals surface area (Å²) in [5.74, 6) is 1.27. The first-order valence-electron chi connectivity index (χ1n) is 6.35. The molecule has 0 aliphatic carbocycles. The average Bonchev–Trinajstić information content (AvgIpc) is 2.32. The van der Waals surface area contributed by atoms with Crippen LogP contribution in [-0.4, -0.2) is 36.0 Å². The van der Waals surface area contributed by atoms with Crippen molar-refractivity contribution in [2.75, 3.05) is 25.9 Å². The predicted octanol–water partition coefficient (Wildman–Crippen LogP) is 2.34. The van der Waals surface area contributed by atoms with Crippen molar-refractivity contribution in [2.24, 2.45) is 0 Å². The van der Waals surface area contributed by atoms with E-state index in [1.165, 1.54) is 30.0 Å². The second-order valence-corrected chi connectivity index (χ2v) is 6.26. The molecule has 1 N–H and O–H groups in total. The summed E-state index contributed by atoms with van der Waals surface area (Å²) in [5.41, 5.74) is 2.90. The molecule has 0 saturated carbocycles. The predicted molar refractivity (Wildman–Crippen MR) is 76.4 cm³/mol. The van der Waals surface area contributed by atoms with Crippen molar-refractivity contribution in [3.05, 3.63) is 35.4 Å². The van der Waals surface area contributed by atoms with Crippen LogP contribution in [-0.2, 0) is 13.1 Å². The molecule has 1 aromatic carbocycles. The molecule has 1 atom stereocenters. The Morgan fingerprint density at radius 1 is 1.35 bits per heavy atom. The molecule has 0 aromatic heterocycles. The second kappa shape index (κ2) is 6.43. The summed E-state index contributed by atoms with van der Waals surface area (Å²) >= 11 is 2.09. The van der Waals surface area contributed by atoms with E-state index in [9.17, 15) is 0 Å². The van der Waals surface area contributed by atoms with Gasteiger partial charge < -0.3 is 5.32 Å². The lowest BCUT2D eigenvalue weighted by molar-refractivity contribution is 0.277. The van der Waals surface area contributed by atoms with Gasteiger partial charge in [-0.05, 0) is 18.2 Å². The maximum Gasteiger partial charge on any atom is 0.0237 e. The molecule has 1 unspecified atom stereocenters. The van der Waals surface area contributed by atoms with E-state index in [2.05, 4.69) is 53.2 Å². The highest BCUT2D eigenvalue weighted by Gasteiger charge is 2.17. The molecule has 1 heterocycles. The lowest BCUT2D eigenvalue weighted by Crippen LogP contribution is -2.36. The van der Waals surface area contributed by atoms with E-state index in [-0.39, 0.29) is 0 Å². The fourth-order valence-electron chi connectivity index (χ4n) is 2.35. The Morgan fingerprint density at radius 2 is 2.12 bits per heavy atom. The van der Waals surface area contributed by atoms with Crippen LogP contribution >= 0.6 is 11.8 Å². The third-order valence-electron chi connectivity index (χ3n) is 3.20. The van der Waals surface area contributed by atoms with Crippen molar-refractivity contribution in [3.63, 3.8) is 0 Å². The quantitative estimate of drug-likeness (QED) is 0.883. The molecule has 0 radical (unpaired) electrons. The zero-order valence-corrected chi connectivity index (χ0v) is 11.6. The summed E-state index contributed by atoms with van der Waals surface area (Å²) in [5, 5.41) is 4.03. The van der Waals surface area contributed by atoms with E-state index >= 15 is 0 Å². The Balaban J connectivity index is 2.01. The maximum absolute atomic E-state index is 3.25. The Kier molecular flexibility index (Phi) is 4.89. The van der Waals surface area contributed by atoms with Gasteiger partial charge in [-0.1, -0.05) is 31.2 Å². The number of benzene rings is 1. The van der Waals surface area contributed by atoms with Crippen LogP contribution < -0.4 is 5.32 Å². The number of hydrogen-bond donors (Lipinski definition) is 1. The lowest BCUT2D eigenvalue weighted by Gasteiger charge is -2.31. The molecule has 1 aliphatic heterocycles. The lowest BCUT2D eigenvalue weighted by atomic mass is 10.1. The minimum absolute atomic E-state index is 0.778. The smallest absolute Gasteiger partial charge is 0.0237 e. The standard InChI is InChI=1S/C14H22N2S/c1-12-10-16(7-8-17-12)11-14-6-4-3-5-13(14)9-15-2/h3-6,12,15H,7-11H2,1-2H3. The molecular formula is C14H22N2S. The first-order valence-corrected chi connectivity index (χ1v) is 7.40. The molecule has 1 saturated heterocycles. The second-order valence-electron chi connectivity index (χ2n) is 4.72. The van der Waals surface area contributed by atoms with Gasteiger partial charge in [-0.2, -0.15) is 11.8 Å². The molecular weight excluding hydrogens is 228 g/mol. The van der Waals surface area contributed by atoms with Crippen molar-refractivity contribution in [1.82, 2.24) is 10.2 Å². The topological polar surface area (TPSA) is 15.3 Å². The summed E-state index contributed by atoms with van der Waals surface area (Å²) in [6.07, 6.45) is 0. The largest absolute Gasteiger partial charge is 0.316 e. The van der Waals surface area contributed by atoms with Crippen LogP contribution in [0.4, 0.5) is 0 Å². The van der Waals surface area contributed by atoms with Crippen LogP contribution in [0.15, 0.2) is 24.3 Å². The minimum atomic E-state index is 0.778. The SMILES string of the molecule is CNCc1ccccc1CN1CCSC(C)C1. The van der Waals surface area contributed by atoms with E-state index in [0.717, 1.165) is 18.3 Å². The Labute approximate surface area is 109 Å². The van der Waals surface area contributed by atoms with Gasteiger partial charge in [-0.15, -0.1) is 0 Å². The normalized spacial score (nSPS) is 21.6. The Hall–Kier alpha value is -0.510. The molecule has 1 fully saturated rings. The molecule has 3 heteroatoms. The van der Waals surface area contributed by atoms with Crippen molar-refractivity contribution >= 4 is 11.8 Å². The highest BCUT2D eigenvalue weighted by atomic mass is 32.2. The molecule has 17 heavy (non-hydrogen) atoms. The van der Waals surface area contributed by atoms with Gasteiger partial charge in [0.05, 0.1) is 0 Å². The average molecular weight is 250 g/mol. The van der Waals surface area contributed by atoms with E-state index in [0.29, 0.717) is 0 Å². The highest BCUT2D eigenvalue weighted by Crippen LogP contribution is 2.20. The van der Waals surface area contributed by atoms with Gasteiger partial charge in [0, 0.05) is 37.2 Å². The van der Waals surface area contributed by atoms with Gasteiger partial charge >= 0.3 is 0 Å². The number of hydrogen-bond acceptors (Lipinski definition) is 3. The van der Waals surface area contributed by atoms with Crippen LogP contribution in [0.2, 0.25) is 0 Å². The van der Waals surface area contributed by atoms with Crippen LogP contribution in [0.25, 0.3) is 0 Å². The van der Waals surface area contributed by atoms with Gasteiger partial charge in [0.2, 0.25) is 0 Å². The van der Waals surface area contributed by atoms with Crippen LogP contribution in [0.3, 0.4) is 0 Å². The van der Waals surface area contributed by atoms with Gasteiger partial charge in [0.25, 0.3) is 0 Å². The summed E-state index contributed by atoms with van der Waals surface area (Å²) in [4.78, 5) is 2.58.